The normalized spacial score (nSPS) is 18.4. The van der Waals surface area contributed by atoms with Crippen molar-refractivity contribution in [1.29, 1.82) is 0 Å². The molecule has 0 aromatic heterocycles. The van der Waals surface area contributed by atoms with Crippen molar-refractivity contribution in [3.63, 3.8) is 0 Å². The Morgan fingerprint density at radius 3 is 2.43 bits per heavy atom. The zero-order valence-electron chi connectivity index (χ0n) is 13.1. The van der Waals surface area contributed by atoms with E-state index >= 15 is 0 Å². The van der Waals surface area contributed by atoms with E-state index in [0.29, 0.717) is 12.6 Å². The van der Waals surface area contributed by atoms with E-state index in [2.05, 4.69) is 16.7 Å². The van der Waals surface area contributed by atoms with Crippen LogP contribution in [0.25, 0.3) is 0 Å². The fourth-order valence-corrected chi connectivity index (χ4v) is 2.60. The van der Waals surface area contributed by atoms with Gasteiger partial charge in [0.25, 0.3) is 0 Å². The number of nitrogens with two attached hydrogens (primary N) is 1. The highest BCUT2D eigenvalue weighted by molar-refractivity contribution is 5.39. The maximum Gasteiger partial charge on any atom is 0.161 e. The van der Waals surface area contributed by atoms with Gasteiger partial charge in [-0.25, -0.2) is 0 Å². The van der Waals surface area contributed by atoms with Gasteiger partial charge in [0.2, 0.25) is 0 Å². The predicted octanol–water partition coefficient (Wildman–Crippen LogP) is 1.04. The fraction of sp³-hybridized carbons (Fsp3) is 0.625. The Bertz CT molecular complexity index is 420. The van der Waals surface area contributed by atoms with Crippen LogP contribution in [0, 0.1) is 0 Å². The fourth-order valence-electron chi connectivity index (χ4n) is 2.60. The summed E-state index contributed by atoms with van der Waals surface area (Å²) < 4.78 is 11.1. The lowest BCUT2D eigenvalue weighted by atomic mass is 10.2. The van der Waals surface area contributed by atoms with E-state index in [-0.39, 0.29) is 0 Å². The number of rotatable bonds is 7. The molecule has 2 rings (SSSR count). The summed E-state index contributed by atoms with van der Waals surface area (Å²) in [5, 5.41) is 0. The van der Waals surface area contributed by atoms with E-state index in [1.54, 1.807) is 7.11 Å². The highest BCUT2D eigenvalue weighted by atomic mass is 16.5. The zero-order chi connectivity index (χ0) is 15.1. The second-order valence-electron chi connectivity index (χ2n) is 5.46. The number of ether oxygens (including phenoxy) is 2. The van der Waals surface area contributed by atoms with Gasteiger partial charge >= 0.3 is 0 Å². The molecule has 2 N–H and O–H groups in total. The van der Waals surface area contributed by atoms with Crippen LogP contribution in [0.1, 0.15) is 6.92 Å². The van der Waals surface area contributed by atoms with E-state index in [1.165, 1.54) is 0 Å². The molecule has 0 aliphatic carbocycles. The van der Waals surface area contributed by atoms with Crippen molar-refractivity contribution in [2.45, 2.75) is 13.0 Å². The smallest absolute Gasteiger partial charge is 0.161 e. The lowest BCUT2D eigenvalue weighted by Crippen LogP contribution is -2.51. The molecule has 1 saturated heterocycles. The summed E-state index contributed by atoms with van der Waals surface area (Å²) in [6.07, 6.45) is 0. The lowest BCUT2D eigenvalue weighted by Gasteiger charge is -2.37. The van der Waals surface area contributed by atoms with Crippen molar-refractivity contribution < 1.29 is 9.47 Å². The van der Waals surface area contributed by atoms with Crippen LogP contribution in [0.5, 0.6) is 11.5 Å². The van der Waals surface area contributed by atoms with Crippen molar-refractivity contribution in [2.24, 2.45) is 5.73 Å². The van der Waals surface area contributed by atoms with Crippen molar-refractivity contribution in [3.8, 4) is 11.5 Å². The van der Waals surface area contributed by atoms with Crippen molar-refractivity contribution in [1.82, 2.24) is 9.80 Å². The molecule has 1 heterocycles. The molecule has 1 aliphatic heterocycles. The first-order valence-corrected chi connectivity index (χ1v) is 7.67. The third-order valence-electron chi connectivity index (χ3n) is 4.11. The maximum atomic E-state index is 5.83. The summed E-state index contributed by atoms with van der Waals surface area (Å²) in [7, 11) is 1.67. The zero-order valence-corrected chi connectivity index (χ0v) is 13.1. The molecular formula is C16H27N3O2. The van der Waals surface area contributed by atoms with Gasteiger partial charge in [-0.15, -0.1) is 0 Å². The summed E-state index contributed by atoms with van der Waals surface area (Å²) >= 11 is 0. The van der Waals surface area contributed by atoms with Gasteiger partial charge in [0, 0.05) is 45.3 Å². The minimum Gasteiger partial charge on any atom is -0.493 e. The van der Waals surface area contributed by atoms with Gasteiger partial charge in [-0.1, -0.05) is 12.1 Å². The number of para-hydroxylation sites is 2. The van der Waals surface area contributed by atoms with Crippen molar-refractivity contribution in [2.75, 3.05) is 53.0 Å². The average molecular weight is 293 g/mol. The standard InChI is InChI=1S/C16H27N3O2/c1-14(13-17)19-9-7-18(8-10-19)11-12-21-16-6-4-3-5-15(16)20-2/h3-6,14H,7-13,17H2,1-2H3. The Morgan fingerprint density at radius 2 is 1.81 bits per heavy atom. The third kappa shape index (κ3) is 4.59. The number of piperazine rings is 1. The highest BCUT2D eigenvalue weighted by Crippen LogP contribution is 2.25. The molecule has 5 nitrogen and oxygen atoms in total. The number of benzene rings is 1. The Morgan fingerprint density at radius 1 is 1.14 bits per heavy atom. The number of nitrogens with zero attached hydrogens (tertiary/aromatic N) is 2. The Labute approximate surface area is 127 Å². The molecule has 1 aromatic rings. The van der Waals surface area contributed by atoms with Crippen molar-refractivity contribution in [3.05, 3.63) is 24.3 Å². The van der Waals surface area contributed by atoms with Crippen LogP contribution < -0.4 is 15.2 Å². The lowest BCUT2D eigenvalue weighted by molar-refractivity contribution is 0.0937. The van der Waals surface area contributed by atoms with Crippen LogP contribution in [-0.4, -0.2) is 68.8 Å². The third-order valence-corrected chi connectivity index (χ3v) is 4.11. The van der Waals surface area contributed by atoms with Gasteiger partial charge in [-0.2, -0.15) is 0 Å². The maximum absolute atomic E-state index is 5.83. The largest absolute Gasteiger partial charge is 0.493 e. The van der Waals surface area contributed by atoms with E-state index < -0.39 is 0 Å². The Balaban J connectivity index is 1.70. The molecule has 1 unspecified atom stereocenters. The molecule has 0 saturated carbocycles. The summed E-state index contributed by atoms with van der Waals surface area (Å²) in [6, 6.07) is 8.26. The summed E-state index contributed by atoms with van der Waals surface area (Å²) in [4.78, 5) is 4.90. The molecule has 1 fully saturated rings. The Hall–Kier alpha value is -1.30. The molecule has 1 aliphatic rings. The second kappa shape index (κ2) is 8.22. The molecule has 0 bridgehead atoms. The molecule has 5 heteroatoms. The minimum absolute atomic E-state index is 0.483. The average Bonchev–Trinajstić information content (AvgIpc) is 2.55. The van der Waals surface area contributed by atoms with E-state index in [1.807, 2.05) is 24.3 Å². The molecule has 1 aromatic carbocycles. The molecule has 0 amide bonds. The van der Waals surface area contributed by atoms with Crippen LogP contribution in [0.15, 0.2) is 24.3 Å². The summed E-state index contributed by atoms with van der Waals surface area (Å²) in [5.41, 5.74) is 5.72. The first-order chi connectivity index (χ1) is 10.2. The number of hydrogen-bond donors (Lipinski definition) is 1. The quantitative estimate of drug-likeness (QED) is 0.814. The van der Waals surface area contributed by atoms with Crippen molar-refractivity contribution >= 4 is 0 Å². The van der Waals surface area contributed by atoms with E-state index in [9.17, 15) is 0 Å². The monoisotopic (exact) mass is 293 g/mol. The minimum atomic E-state index is 0.483. The van der Waals surface area contributed by atoms with Crippen LogP contribution in [0.3, 0.4) is 0 Å². The van der Waals surface area contributed by atoms with E-state index in [0.717, 1.165) is 50.8 Å². The summed E-state index contributed by atoms with van der Waals surface area (Å²) in [6.45, 7) is 8.91. The Kier molecular flexibility index (Phi) is 6.29. The second-order valence-corrected chi connectivity index (χ2v) is 5.46. The molecule has 21 heavy (non-hydrogen) atoms. The predicted molar refractivity (Wildman–Crippen MR) is 85.0 cm³/mol. The van der Waals surface area contributed by atoms with Gasteiger partial charge < -0.3 is 15.2 Å². The number of methoxy groups -OCH3 is 1. The van der Waals surface area contributed by atoms with Crippen LogP contribution in [0.4, 0.5) is 0 Å². The molecule has 1 atom stereocenters. The molecular weight excluding hydrogens is 266 g/mol. The first kappa shape index (κ1) is 16.1. The molecule has 0 spiro atoms. The van der Waals surface area contributed by atoms with Gasteiger partial charge in [-0.3, -0.25) is 9.80 Å². The first-order valence-electron chi connectivity index (χ1n) is 7.67. The van der Waals surface area contributed by atoms with Gasteiger partial charge in [-0.05, 0) is 19.1 Å². The number of hydrogen-bond acceptors (Lipinski definition) is 5. The highest BCUT2D eigenvalue weighted by Gasteiger charge is 2.19. The molecule has 118 valence electrons. The van der Waals surface area contributed by atoms with Gasteiger partial charge in [0.05, 0.1) is 7.11 Å². The van der Waals surface area contributed by atoms with Gasteiger partial charge in [0.1, 0.15) is 6.61 Å². The summed E-state index contributed by atoms with van der Waals surface area (Å²) in [5.74, 6) is 1.61. The SMILES string of the molecule is COc1ccccc1OCCN1CCN(C(C)CN)CC1. The topological polar surface area (TPSA) is 51.0 Å². The van der Waals surface area contributed by atoms with Crippen LogP contribution >= 0.6 is 0 Å². The van der Waals surface area contributed by atoms with Gasteiger partial charge in [0.15, 0.2) is 11.5 Å². The van der Waals surface area contributed by atoms with Crippen LogP contribution in [0.2, 0.25) is 0 Å². The van der Waals surface area contributed by atoms with Crippen LogP contribution in [-0.2, 0) is 0 Å². The molecule has 0 radical (unpaired) electrons. The van der Waals surface area contributed by atoms with E-state index in [4.69, 9.17) is 15.2 Å².